The zero-order valence-electron chi connectivity index (χ0n) is 17.7. The molecular formula is C24H33NO4. The molecule has 3 aliphatic rings. The fourth-order valence-corrected chi connectivity index (χ4v) is 6.38. The van der Waals surface area contributed by atoms with Crippen molar-refractivity contribution in [3.63, 3.8) is 0 Å². The molecule has 1 aromatic rings. The van der Waals surface area contributed by atoms with E-state index in [-0.39, 0.29) is 29.7 Å². The predicted molar refractivity (Wildman–Crippen MR) is 111 cm³/mol. The van der Waals surface area contributed by atoms with E-state index in [1.165, 1.54) is 18.1 Å². The first-order valence-corrected chi connectivity index (χ1v) is 11.0. The highest BCUT2D eigenvalue weighted by Gasteiger charge is 2.54. The van der Waals surface area contributed by atoms with Crippen molar-refractivity contribution in [1.29, 1.82) is 0 Å². The monoisotopic (exact) mass is 399 g/mol. The van der Waals surface area contributed by atoms with Gasteiger partial charge in [0.15, 0.2) is 0 Å². The van der Waals surface area contributed by atoms with Crippen LogP contribution in [0.4, 0.5) is 0 Å². The summed E-state index contributed by atoms with van der Waals surface area (Å²) in [7, 11) is 1.67. The average Bonchev–Trinajstić information content (AvgIpc) is 3.00. The predicted octanol–water partition coefficient (Wildman–Crippen LogP) is 3.38. The molecule has 0 spiro atoms. The summed E-state index contributed by atoms with van der Waals surface area (Å²) in [6, 6.07) is 5.56. The molecule has 0 aromatic heterocycles. The number of hydrogen-bond acceptors (Lipinski definition) is 5. The van der Waals surface area contributed by atoms with Gasteiger partial charge < -0.3 is 15.2 Å². The standard InChI is InChI=1S/C24H33NO4/c1-14(26)21(25-3)13-23(28)29-16-5-7-17-15(12-16)4-6-19-18(17)10-11-24(2)20(19)8-9-22(24)27/h5,7,12,18-22,25,27H,4,6,8-11,13H2,1-3H3/t18?,19?,20?,21-,22-,24-/m0/s1. The lowest BCUT2D eigenvalue weighted by Crippen LogP contribution is -2.43. The highest BCUT2D eigenvalue weighted by molar-refractivity contribution is 5.86. The van der Waals surface area contributed by atoms with E-state index in [1.807, 2.05) is 12.1 Å². The summed E-state index contributed by atoms with van der Waals surface area (Å²) in [5.41, 5.74) is 2.78. The van der Waals surface area contributed by atoms with Crippen LogP contribution < -0.4 is 10.1 Å². The van der Waals surface area contributed by atoms with E-state index < -0.39 is 6.04 Å². The molecule has 3 aliphatic carbocycles. The fourth-order valence-electron chi connectivity index (χ4n) is 6.38. The van der Waals surface area contributed by atoms with Crippen LogP contribution in [-0.4, -0.2) is 36.1 Å². The minimum Gasteiger partial charge on any atom is -0.426 e. The lowest BCUT2D eigenvalue weighted by atomic mass is 9.55. The first kappa shape index (κ1) is 20.5. The number of likely N-dealkylation sites (N-methyl/N-ethyl adjacent to an activating group) is 1. The molecule has 5 nitrogen and oxygen atoms in total. The molecule has 3 unspecified atom stereocenters. The Balaban J connectivity index is 1.48. The number of aryl methyl sites for hydroxylation is 1. The number of ether oxygens (including phenoxy) is 1. The number of esters is 1. The normalized spacial score (nSPS) is 33.9. The lowest BCUT2D eigenvalue weighted by molar-refractivity contribution is -0.136. The molecule has 4 rings (SSSR count). The molecule has 158 valence electrons. The Morgan fingerprint density at radius 2 is 2.07 bits per heavy atom. The first-order valence-electron chi connectivity index (χ1n) is 11.0. The number of rotatable bonds is 5. The largest absolute Gasteiger partial charge is 0.426 e. The van der Waals surface area contributed by atoms with E-state index in [1.54, 1.807) is 7.05 Å². The van der Waals surface area contributed by atoms with E-state index in [2.05, 4.69) is 18.3 Å². The van der Waals surface area contributed by atoms with Crippen molar-refractivity contribution in [2.24, 2.45) is 17.3 Å². The molecular weight excluding hydrogens is 366 g/mol. The van der Waals surface area contributed by atoms with Crippen molar-refractivity contribution in [3.05, 3.63) is 29.3 Å². The van der Waals surface area contributed by atoms with Crippen LogP contribution in [0.5, 0.6) is 5.75 Å². The van der Waals surface area contributed by atoms with Crippen molar-refractivity contribution in [2.75, 3.05) is 7.05 Å². The maximum atomic E-state index is 12.2. The number of fused-ring (bicyclic) bond motifs is 5. The third-order valence-electron chi connectivity index (χ3n) is 8.09. The van der Waals surface area contributed by atoms with Crippen LogP contribution in [0.25, 0.3) is 0 Å². The topological polar surface area (TPSA) is 75.6 Å². The second-order valence-corrected chi connectivity index (χ2v) is 9.54. The van der Waals surface area contributed by atoms with Crippen LogP contribution in [0.3, 0.4) is 0 Å². The van der Waals surface area contributed by atoms with Gasteiger partial charge in [-0.2, -0.15) is 0 Å². The molecule has 5 heteroatoms. The van der Waals surface area contributed by atoms with Gasteiger partial charge in [-0.1, -0.05) is 13.0 Å². The number of aliphatic hydroxyl groups is 1. The molecule has 0 aliphatic heterocycles. The van der Waals surface area contributed by atoms with Crippen molar-refractivity contribution in [2.45, 2.75) is 76.9 Å². The molecule has 29 heavy (non-hydrogen) atoms. The molecule has 2 fully saturated rings. The number of benzene rings is 1. The van der Waals surface area contributed by atoms with Gasteiger partial charge in [0.05, 0.1) is 18.6 Å². The molecule has 2 N–H and O–H groups in total. The van der Waals surface area contributed by atoms with Gasteiger partial charge in [0.2, 0.25) is 0 Å². The van der Waals surface area contributed by atoms with Gasteiger partial charge in [0, 0.05) is 0 Å². The summed E-state index contributed by atoms with van der Waals surface area (Å²) >= 11 is 0. The average molecular weight is 400 g/mol. The smallest absolute Gasteiger partial charge is 0.313 e. The second-order valence-electron chi connectivity index (χ2n) is 9.54. The van der Waals surface area contributed by atoms with Crippen molar-refractivity contribution in [1.82, 2.24) is 5.32 Å². The number of carbonyl (C=O) groups is 2. The quantitative estimate of drug-likeness (QED) is 0.586. The summed E-state index contributed by atoms with van der Waals surface area (Å²) in [5, 5.41) is 13.4. The third-order valence-corrected chi connectivity index (χ3v) is 8.09. The van der Waals surface area contributed by atoms with Gasteiger partial charge in [0.1, 0.15) is 11.5 Å². The van der Waals surface area contributed by atoms with Crippen molar-refractivity contribution in [3.8, 4) is 5.75 Å². The minimum absolute atomic E-state index is 0.0379. The number of nitrogens with one attached hydrogen (secondary N) is 1. The molecule has 0 radical (unpaired) electrons. The van der Waals surface area contributed by atoms with E-state index in [4.69, 9.17) is 4.74 Å². The molecule has 2 saturated carbocycles. The third kappa shape index (κ3) is 3.64. The molecule has 0 bridgehead atoms. The van der Waals surface area contributed by atoms with E-state index in [0.29, 0.717) is 23.5 Å². The van der Waals surface area contributed by atoms with Gasteiger partial charge in [-0.05, 0) is 98.9 Å². The van der Waals surface area contributed by atoms with E-state index in [0.717, 1.165) is 38.5 Å². The number of ketones is 1. The van der Waals surface area contributed by atoms with Crippen molar-refractivity contribution >= 4 is 11.8 Å². The Hall–Kier alpha value is -1.72. The van der Waals surface area contributed by atoms with Crippen molar-refractivity contribution < 1.29 is 19.4 Å². The Morgan fingerprint density at radius 1 is 1.28 bits per heavy atom. The number of Topliss-reactive ketones (excluding diaryl/α,β-unsaturated/α-hetero) is 1. The number of carbonyl (C=O) groups excluding carboxylic acids is 2. The van der Waals surface area contributed by atoms with E-state index >= 15 is 0 Å². The maximum Gasteiger partial charge on any atom is 0.313 e. The maximum absolute atomic E-state index is 12.2. The van der Waals surface area contributed by atoms with Gasteiger partial charge >= 0.3 is 5.97 Å². The zero-order valence-corrected chi connectivity index (χ0v) is 17.7. The van der Waals surface area contributed by atoms with Crippen LogP contribution in [0.1, 0.15) is 69.4 Å². The van der Waals surface area contributed by atoms with E-state index in [9.17, 15) is 14.7 Å². The van der Waals surface area contributed by atoms with Crippen LogP contribution in [0.2, 0.25) is 0 Å². The SMILES string of the molecule is CN[C@@H](CC(=O)Oc1ccc2c(c1)CCC1C2CC[C@@]2(C)C1CC[C@@H]2O)C(C)=O. The summed E-state index contributed by atoms with van der Waals surface area (Å²) in [5.74, 6) is 1.94. The van der Waals surface area contributed by atoms with Gasteiger partial charge in [-0.3, -0.25) is 9.59 Å². The summed E-state index contributed by atoms with van der Waals surface area (Å²) < 4.78 is 5.53. The number of aliphatic hydroxyl groups excluding tert-OH is 1. The minimum atomic E-state index is -0.501. The van der Waals surface area contributed by atoms with Gasteiger partial charge in [-0.25, -0.2) is 0 Å². The first-order chi connectivity index (χ1) is 13.8. The molecule has 0 heterocycles. The molecule has 6 atom stereocenters. The lowest BCUT2D eigenvalue weighted by Gasteiger charge is -2.50. The van der Waals surface area contributed by atoms with Gasteiger partial charge in [-0.15, -0.1) is 0 Å². The Labute approximate surface area is 173 Å². The highest BCUT2D eigenvalue weighted by atomic mass is 16.5. The summed E-state index contributed by atoms with van der Waals surface area (Å²) in [6.07, 6.45) is 6.34. The van der Waals surface area contributed by atoms with Gasteiger partial charge in [0.25, 0.3) is 0 Å². The van der Waals surface area contributed by atoms with Crippen LogP contribution in [-0.2, 0) is 16.0 Å². The van der Waals surface area contributed by atoms with Crippen LogP contribution in [0, 0.1) is 17.3 Å². The van der Waals surface area contributed by atoms with Crippen LogP contribution >= 0.6 is 0 Å². The Morgan fingerprint density at radius 3 is 2.79 bits per heavy atom. The number of hydrogen-bond donors (Lipinski definition) is 2. The fraction of sp³-hybridized carbons (Fsp3) is 0.667. The Kier molecular flexibility index (Phi) is 5.56. The molecule has 0 amide bonds. The van der Waals surface area contributed by atoms with Crippen LogP contribution in [0.15, 0.2) is 18.2 Å². The molecule has 0 saturated heterocycles. The molecule has 1 aromatic carbocycles. The second kappa shape index (κ2) is 7.84. The zero-order chi connectivity index (χ0) is 20.8. The highest BCUT2D eigenvalue weighted by Crippen LogP contribution is 2.60. The summed E-state index contributed by atoms with van der Waals surface area (Å²) in [4.78, 5) is 23.8. The summed E-state index contributed by atoms with van der Waals surface area (Å²) in [6.45, 7) is 3.77. The Bertz CT molecular complexity index is 806.